The Morgan fingerprint density at radius 2 is 1.72 bits per heavy atom. The molecule has 0 aliphatic heterocycles. The number of primary sulfonamides is 1. The number of anilines is 2. The van der Waals surface area contributed by atoms with E-state index in [0.717, 1.165) is 6.07 Å². The number of urea groups is 1. The lowest BCUT2D eigenvalue weighted by atomic mass is 10.1. The SMILES string of the molecule is NS(=O)(=O)c1ccc2cccc(NC(=O)Nc3ccc(Cl)c(C(F)(F)F)c3)c2c1. The van der Waals surface area contributed by atoms with E-state index in [1.807, 2.05) is 0 Å². The van der Waals surface area contributed by atoms with E-state index < -0.39 is 32.8 Å². The van der Waals surface area contributed by atoms with Crippen LogP contribution in [0.5, 0.6) is 0 Å². The van der Waals surface area contributed by atoms with Gasteiger partial charge in [0.2, 0.25) is 10.0 Å². The quantitative estimate of drug-likeness (QED) is 0.541. The van der Waals surface area contributed by atoms with Gasteiger partial charge in [-0.3, -0.25) is 0 Å². The van der Waals surface area contributed by atoms with E-state index >= 15 is 0 Å². The highest BCUT2D eigenvalue weighted by atomic mass is 35.5. The number of carbonyl (C=O) groups excluding carboxylic acids is 1. The van der Waals surface area contributed by atoms with Crippen molar-refractivity contribution >= 4 is 49.8 Å². The van der Waals surface area contributed by atoms with Crippen molar-refractivity contribution in [3.8, 4) is 0 Å². The summed E-state index contributed by atoms with van der Waals surface area (Å²) in [6, 6.07) is 11.1. The molecule has 0 fully saturated rings. The molecule has 2 amide bonds. The standard InChI is InChI=1S/C18H13ClF3N3O3S/c19-15-7-5-11(8-14(15)18(20,21)22)24-17(26)25-16-3-1-2-10-4-6-12(9-13(10)16)29(23,27)28/h1-9H,(H2,23,27,28)(H2,24,25,26). The fourth-order valence-electron chi connectivity index (χ4n) is 2.64. The number of nitrogens with one attached hydrogen (secondary N) is 2. The molecule has 0 radical (unpaired) electrons. The molecule has 0 bridgehead atoms. The van der Waals surface area contributed by atoms with Crippen LogP contribution in [0.4, 0.5) is 29.3 Å². The lowest BCUT2D eigenvalue weighted by molar-refractivity contribution is -0.137. The molecule has 0 atom stereocenters. The molecular formula is C18H13ClF3N3O3S. The highest BCUT2D eigenvalue weighted by Crippen LogP contribution is 2.36. The second-order valence-corrected chi connectivity index (χ2v) is 7.97. The normalized spacial score (nSPS) is 12.0. The van der Waals surface area contributed by atoms with Crippen LogP contribution in [-0.2, 0) is 16.2 Å². The summed E-state index contributed by atoms with van der Waals surface area (Å²) >= 11 is 5.56. The first-order valence-electron chi connectivity index (χ1n) is 7.95. The van der Waals surface area contributed by atoms with Gasteiger partial charge in [-0.05, 0) is 41.8 Å². The third-order valence-electron chi connectivity index (χ3n) is 3.96. The van der Waals surface area contributed by atoms with Crippen LogP contribution in [0, 0.1) is 0 Å². The molecule has 4 N–H and O–H groups in total. The minimum absolute atomic E-state index is 0.121. The topological polar surface area (TPSA) is 101 Å². The first-order chi connectivity index (χ1) is 13.4. The van der Waals surface area contributed by atoms with Crippen LogP contribution < -0.4 is 15.8 Å². The van der Waals surface area contributed by atoms with Crippen LogP contribution in [-0.4, -0.2) is 14.4 Å². The molecule has 152 valence electrons. The number of hydrogen-bond donors (Lipinski definition) is 3. The highest BCUT2D eigenvalue weighted by molar-refractivity contribution is 7.89. The Kier molecular flexibility index (Phi) is 5.44. The Labute approximate surface area is 168 Å². The van der Waals surface area contributed by atoms with Crippen molar-refractivity contribution in [3.05, 3.63) is 65.2 Å². The number of amides is 2. The van der Waals surface area contributed by atoms with Gasteiger partial charge in [0.05, 0.1) is 21.2 Å². The molecule has 0 aliphatic rings. The molecule has 3 rings (SSSR count). The minimum Gasteiger partial charge on any atom is -0.308 e. The second-order valence-electron chi connectivity index (χ2n) is 6.01. The molecule has 0 aromatic heterocycles. The fraction of sp³-hybridized carbons (Fsp3) is 0.0556. The van der Waals surface area contributed by atoms with Gasteiger partial charge in [-0.25, -0.2) is 18.4 Å². The number of fused-ring (bicyclic) bond motifs is 1. The maximum atomic E-state index is 12.9. The average Bonchev–Trinajstić information content (AvgIpc) is 2.61. The molecular weight excluding hydrogens is 431 g/mol. The van der Waals surface area contributed by atoms with Crippen molar-refractivity contribution in [3.63, 3.8) is 0 Å². The van der Waals surface area contributed by atoms with Crippen LogP contribution >= 0.6 is 11.6 Å². The molecule has 0 saturated carbocycles. The summed E-state index contributed by atoms with van der Waals surface area (Å²) in [4.78, 5) is 12.1. The maximum absolute atomic E-state index is 12.9. The molecule has 6 nitrogen and oxygen atoms in total. The smallest absolute Gasteiger partial charge is 0.308 e. The lowest BCUT2D eigenvalue weighted by Crippen LogP contribution is -2.20. The van der Waals surface area contributed by atoms with E-state index in [9.17, 15) is 26.4 Å². The summed E-state index contributed by atoms with van der Waals surface area (Å²) < 4.78 is 62.0. The molecule has 0 aliphatic carbocycles. The third-order valence-corrected chi connectivity index (χ3v) is 5.20. The summed E-state index contributed by atoms with van der Waals surface area (Å²) in [7, 11) is -3.96. The Hall–Kier alpha value is -2.82. The molecule has 0 heterocycles. The summed E-state index contributed by atoms with van der Waals surface area (Å²) in [5, 5.41) is 10.4. The van der Waals surface area contributed by atoms with Gasteiger partial charge in [0, 0.05) is 11.1 Å². The second kappa shape index (κ2) is 7.54. The van der Waals surface area contributed by atoms with Gasteiger partial charge < -0.3 is 10.6 Å². The van der Waals surface area contributed by atoms with Crippen LogP contribution in [0.3, 0.4) is 0 Å². The first-order valence-corrected chi connectivity index (χ1v) is 9.88. The zero-order chi connectivity index (χ0) is 21.4. The van der Waals surface area contributed by atoms with Crippen molar-refractivity contribution in [2.45, 2.75) is 11.1 Å². The van der Waals surface area contributed by atoms with Crippen LogP contribution in [0.25, 0.3) is 10.8 Å². The molecule has 0 saturated heterocycles. The van der Waals surface area contributed by atoms with Gasteiger partial charge in [0.15, 0.2) is 0 Å². The van der Waals surface area contributed by atoms with E-state index in [1.54, 1.807) is 12.1 Å². The molecule has 3 aromatic rings. The Morgan fingerprint density at radius 1 is 1.00 bits per heavy atom. The van der Waals surface area contributed by atoms with E-state index in [0.29, 0.717) is 16.8 Å². The van der Waals surface area contributed by atoms with Crippen LogP contribution in [0.1, 0.15) is 5.56 Å². The largest absolute Gasteiger partial charge is 0.417 e. The minimum atomic E-state index is -4.68. The molecule has 0 spiro atoms. The molecule has 29 heavy (non-hydrogen) atoms. The average molecular weight is 444 g/mol. The number of sulfonamides is 1. The molecule has 0 unspecified atom stereocenters. The molecule has 11 heteroatoms. The van der Waals surface area contributed by atoms with Crippen molar-refractivity contribution < 1.29 is 26.4 Å². The number of carbonyl (C=O) groups is 1. The summed E-state index contributed by atoms with van der Waals surface area (Å²) in [6.45, 7) is 0. The monoisotopic (exact) mass is 443 g/mol. The Bertz CT molecular complexity index is 1210. The number of halogens is 4. The number of benzene rings is 3. The van der Waals surface area contributed by atoms with Crippen LogP contribution in [0.2, 0.25) is 5.02 Å². The summed E-state index contributed by atoms with van der Waals surface area (Å²) in [5.74, 6) is 0. The van der Waals surface area contributed by atoms with E-state index in [1.165, 1.54) is 30.3 Å². The first kappa shape index (κ1) is 20.9. The third kappa shape index (κ3) is 4.78. The fourth-order valence-corrected chi connectivity index (χ4v) is 3.41. The summed E-state index contributed by atoms with van der Waals surface area (Å²) in [5.41, 5.74) is -0.958. The summed E-state index contributed by atoms with van der Waals surface area (Å²) in [6.07, 6.45) is -4.68. The highest BCUT2D eigenvalue weighted by Gasteiger charge is 2.33. The number of hydrogen-bond acceptors (Lipinski definition) is 3. The van der Waals surface area contributed by atoms with Gasteiger partial charge in [0.1, 0.15) is 0 Å². The number of rotatable bonds is 3. The van der Waals surface area contributed by atoms with Gasteiger partial charge in [-0.2, -0.15) is 13.2 Å². The zero-order valence-electron chi connectivity index (χ0n) is 14.4. The van der Waals surface area contributed by atoms with Gasteiger partial charge in [-0.15, -0.1) is 0 Å². The van der Waals surface area contributed by atoms with Crippen molar-refractivity contribution in [1.29, 1.82) is 0 Å². The molecule has 3 aromatic carbocycles. The van der Waals surface area contributed by atoms with E-state index in [4.69, 9.17) is 16.7 Å². The van der Waals surface area contributed by atoms with Crippen molar-refractivity contribution in [2.24, 2.45) is 5.14 Å². The Balaban J connectivity index is 1.89. The number of nitrogens with two attached hydrogens (primary N) is 1. The lowest BCUT2D eigenvalue weighted by Gasteiger charge is -2.13. The number of alkyl halides is 3. The van der Waals surface area contributed by atoms with Crippen molar-refractivity contribution in [1.82, 2.24) is 0 Å². The van der Waals surface area contributed by atoms with E-state index in [-0.39, 0.29) is 16.3 Å². The Morgan fingerprint density at radius 3 is 2.38 bits per heavy atom. The predicted molar refractivity (Wildman–Crippen MR) is 104 cm³/mol. The maximum Gasteiger partial charge on any atom is 0.417 e. The zero-order valence-corrected chi connectivity index (χ0v) is 16.0. The van der Waals surface area contributed by atoms with E-state index in [2.05, 4.69) is 10.6 Å². The van der Waals surface area contributed by atoms with Gasteiger partial charge >= 0.3 is 12.2 Å². The van der Waals surface area contributed by atoms with Gasteiger partial charge in [-0.1, -0.05) is 29.8 Å². The van der Waals surface area contributed by atoms with Crippen molar-refractivity contribution in [2.75, 3.05) is 10.6 Å². The predicted octanol–water partition coefficient (Wildman–Crippen LogP) is 4.80. The van der Waals surface area contributed by atoms with Crippen LogP contribution in [0.15, 0.2) is 59.5 Å². The van der Waals surface area contributed by atoms with Gasteiger partial charge in [0.25, 0.3) is 0 Å².